The number of aliphatic hydroxyl groups excluding tert-OH is 1. The molecule has 0 aromatic carbocycles. The highest BCUT2D eigenvalue weighted by Gasteiger charge is 2.39. The normalized spacial score (nSPS) is 20.8. The lowest BCUT2D eigenvalue weighted by atomic mass is 9.97. The predicted octanol–water partition coefficient (Wildman–Crippen LogP) is -2.34. The minimum absolute atomic E-state index is 0.289. The van der Waals surface area contributed by atoms with E-state index in [1.54, 1.807) is 13.8 Å². The first-order valence-corrected chi connectivity index (χ1v) is 10.3. The van der Waals surface area contributed by atoms with Crippen LogP contribution < -0.4 is 22.1 Å². The van der Waals surface area contributed by atoms with Gasteiger partial charge in [0, 0.05) is 6.54 Å². The number of nitrogens with two attached hydrogens (primary N) is 2. The Morgan fingerprint density at radius 2 is 1.77 bits per heavy atom. The van der Waals surface area contributed by atoms with E-state index in [9.17, 15) is 34.2 Å². The molecule has 1 fully saturated rings. The molecule has 1 aliphatic rings. The fourth-order valence-electron chi connectivity index (χ4n) is 3.32. The van der Waals surface area contributed by atoms with Crippen molar-refractivity contribution in [3.63, 3.8) is 0 Å². The van der Waals surface area contributed by atoms with E-state index >= 15 is 0 Å². The Morgan fingerprint density at radius 1 is 1.16 bits per heavy atom. The highest BCUT2D eigenvalue weighted by molar-refractivity contribution is 5.95. The van der Waals surface area contributed by atoms with Crippen molar-refractivity contribution in [1.82, 2.24) is 15.5 Å². The number of amides is 4. The van der Waals surface area contributed by atoms with Gasteiger partial charge >= 0.3 is 5.97 Å². The van der Waals surface area contributed by atoms with Gasteiger partial charge < -0.3 is 37.2 Å². The zero-order valence-electron chi connectivity index (χ0n) is 18.0. The van der Waals surface area contributed by atoms with E-state index in [4.69, 9.17) is 11.5 Å². The molecule has 6 atom stereocenters. The number of carboxylic acids is 1. The molecule has 176 valence electrons. The average Bonchev–Trinajstić information content (AvgIpc) is 3.18. The highest BCUT2D eigenvalue weighted by atomic mass is 16.4. The monoisotopic (exact) mass is 443 g/mol. The number of carbonyl (C=O) groups is 5. The molecular formula is C19H33N5O7. The first-order valence-electron chi connectivity index (χ1n) is 10.3. The summed E-state index contributed by atoms with van der Waals surface area (Å²) in [7, 11) is 0. The molecule has 8 N–H and O–H groups in total. The van der Waals surface area contributed by atoms with Crippen LogP contribution >= 0.6 is 0 Å². The third-order valence-electron chi connectivity index (χ3n) is 5.46. The van der Waals surface area contributed by atoms with Gasteiger partial charge in [0.1, 0.15) is 24.2 Å². The average molecular weight is 444 g/mol. The van der Waals surface area contributed by atoms with Crippen LogP contribution in [0.5, 0.6) is 0 Å². The minimum Gasteiger partial charge on any atom is -0.480 e. The van der Waals surface area contributed by atoms with Gasteiger partial charge in [-0.25, -0.2) is 4.79 Å². The summed E-state index contributed by atoms with van der Waals surface area (Å²) in [6.45, 7) is 5.16. The van der Waals surface area contributed by atoms with Crippen molar-refractivity contribution in [1.29, 1.82) is 0 Å². The summed E-state index contributed by atoms with van der Waals surface area (Å²) in [5, 5.41) is 23.6. The lowest BCUT2D eigenvalue weighted by molar-refractivity contribution is -0.144. The van der Waals surface area contributed by atoms with Crippen molar-refractivity contribution in [3.05, 3.63) is 0 Å². The number of hydrogen-bond acceptors (Lipinski definition) is 7. The molecule has 6 unspecified atom stereocenters. The van der Waals surface area contributed by atoms with Gasteiger partial charge in [0.05, 0.1) is 12.5 Å². The molecule has 1 aliphatic heterocycles. The van der Waals surface area contributed by atoms with E-state index in [2.05, 4.69) is 10.6 Å². The number of aliphatic hydroxyl groups is 1. The third kappa shape index (κ3) is 7.17. The zero-order chi connectivity index (χ0) is 23.9. The Balaban J connectivity index is 2.97. The van der Waals surface area contributed by atoms with Gasteiger partial charge in [-0.3, -0.25) is 19.2 Å². The molecule has 0 aliphatic carbocycles. The number of carbonyl (C=O) groups excluding carboxylic acids is 4. The van der Waals surface area contributed by atoms with Gasteiger partial charge in [-0.05, 0) is 25.7 Å². The molecule has 1 rings (SSSR count). The Morgan fingerprint density at radius 3 is 2.26 bits per heavy atom. The summed E-state index contributed by atoms with van der Waals surface area (Å²) in [5.41, 5.74) is 10.7. The molecular weight excluding hydrogens is 410 g/mol. The van der Waals surface area contributed by atoms with Crippen molar-refractivity contribution >= 4 is 29.6 Å². The fourth-order valence-corrected chi connectivity index (χ4v) is 3.32. The molecule has 0 aromatic heterocycles. The summed E-state index contributed by atoms with van der Waals surface area (Å²) in [4.78, 5) is 61.8. The first-order chi connectivity index (χ1) is 14.4. The maximum absolute atomic E-state index is 12.9. The summed E-state index contributed by atoms with van der Waals surface area (Å²) in [6, 6.07) is -4.65. The number of carboxylic acid groups (broad SMARTS) is 1. The standard InChI is InChI=1S/C19H33N5O7/c1-4-9(2)15(17(28)22-11(19(30)31)8-13(20)26)23-16(27)12-6-5-7-24(12)18(29)14(21)10(3)25/h9-12,14-15,25H,4-8,21H2,1-3H3,(H2,20,26)(H,22,28)(H,23,27)(H,30,31). The lowest BCUT2D eigenvalue weighted by Gasteiger charge is -2.30. The number of nitrogens with zero attached hydrogens (tertiary/aromatic N) is 1. The van der Waals surface area contributed by atoms with E-state index < -0.39 is 66.3 Å². The van der Waals surface area contributed by atoms with Gasteiger partial charge in [0.15, 0.2) is 0 Å². The maximum atomic E-state index is 12.9. The zero-order valence-corrected chi connectivity index (χ0v) is 18.0. The van der Waals surface area contributed by atoms with Gasteiger partial charge in [-0.2, -0.15) is 0 Å². The van der Waals surface area contributed by atoms with Crippen LogP contribution in [-0.4, -0.2) is 81.5 Å². The Hall–Kier alpha value is -2.73. The summed E-state index contributed by atoms with van der Waals surface area (Å²) >= 11 is 0. The number of primary amides is 1. The third-order valence-corrected chi connectivity index (χ3v) is 5.46. The summed E-state index contributed by atoms with van der Waals surface area (Å²) in [5.74, 6) is -4.60. The van der Waals surface area contributed by atoms with E-state index in [1.165, 1.54) is 11.8 Å². The van der Waals surface area contributed by atoms with Gasteiger partial charge in [0.2, 0.25) is 23.6 Å². The van der Waals surface area contributed by atoms with Crippen LogP contribution in [-0.2, 0) is 24.0 Å². The molecule has 0 saturated carbocycles. The largest absolute Gasteiger partial charge is 0.480 e. The number of aliphatic carboxylic acids is 1. The van der Waals surface area contributed by atoms with Crippen molar-refractivity contribution in [2.75, 3.05) is 6.54 Å². The van der Waals surface area contributed by atoms with Gasteiger partial charge in [-0.1, -0.05) is 20.3 Å². The number of rotatable bonds is 11. The summed E-state index contributed by atoms with van der Waals surface area (Å²) < 4.78 is 0. The number of hydrogen-bond donors (Lipinski definition) is 6. The highest BCUT2D eigenvalue weighted by Crippen LogP contribution is 2.20. The molecule has 1 heterocycles. The van der Waals surface area contributed by atoms with Crippen molar-refractivity contribution in [2.24, 2.45) is 17.4 Å². The number of likely N-dealkylation sites (tertiary alicyclic amines) is 1. The minimum atomic E-state index is -1.53. The molecule has 12 heteroatoms. The Labute approximate surface area is 180 Å². The second kappa shape index (κ2) is 11.6. The lowest BCUT2D eigenvalue weighted by Crippen LogP contribution is -2.59. The van der Waals surface area contributed by atoms with Crippen LogP contribution in [0.3, 0.4) is 0 Å². The maximum Gasteiger partial charge on any atom is 0.326 e. The van der Waals surface area contributed by atoms with Crippen LogP contribution in [0.2, 0.25) is 0 Å². The quantitative estimate of drug-likeness (QED) is 0.203. The van der Waals surface area contributed by atoms with Crippen molar-refractivity contribution < 1.29 is 34.2 Å². The van der Waals surface area contributed by atoms with Crippen LogP contribution in [0, 0.1) is 5.92 Å². The Bertz CT molecular complexity index is 699. The molecule has 0 spiro atoms. The van der Waals surface area contributed by atoms with E-state index in [0.717, 1.165) is 0 Å². The van der Waals surface area contributed by atoms with Crippen LogP contribution in [0.1, 0.15) is 46.5 Å². The molecule has 0 aromatic rings. The SMILES string of the molecule is CCC(C)C(NC(=O)C1CCCN1C(=O)C(N)C(C)O)C(=O)NC(CC(N)=O)C(=O)O. The second-order valence-corrected chi connectivity index (χ2v) is 7.90. The predicted molar refractivity (Wildman–Crippen MR) is 109 cm³/mol. The second-order valence-electron chi connectivity index (χ2n) is 7.90. The molecule has 1 saturated heterocycles. The smallest absolute Gasteiger partial charge is 0.326 e. The topological polar surface area (TPSA) is 205 Å². The van der Waals surface area contributed by atoms with E-state index in [-0.39, 0.29) is 12.5 Å². The van der Waals surface area contributed by atoms with Crippen molar-refractivity contribution in [3.8, 4) is 0 Å². The van der Waals surface area contributed by atoms with E-state index in [0.29, 0.717) is 19.3 Å². The van der Waals surface area contributed by atoms with Crippen molar-refractivity contribution in [2.45, 2.75) is 76.7 Å². The van der Waals surface area contributed by atoms with E-state index in [1.807, 2.05) is 0 Å². The molecule has 0 radical (unpaired) electrons. The number of nitrogens with one attached hydrogen (secondary N) is 2. The molecule has 0 bridgehead atoms. The molecule has 12 nitrogen and oxygen atoms in total. The Kier molecular flexibility index (Phi) is 9.85. The first kappa shape index (κ1) is 26.3. The summed E-state index contributed by atoms with van der Waals surface area (Å²) in [6.07, 6.45) is -0.279. The van der Waals surface area contributed by atoms with Crippen LogP contribution in [0.15, 0.2) is 0 Å². The van der Waals surface area contributed by atoms with Crippen LogP contribution in [0.4, 0.5) is 0 Å². The fraction of sp³-hybridized carbons (Fsp3) is 0.737. The molecule has 31 heavy (non-hydrogen) atoms. The molecule has 4 amide bonds. The van der Waals surface area contributed by atoms with Gasteiger partial charge in [-0.15, -0.1) is 0 Å². The van der Waals surface area contributed by atoms with Gasteiger partial charge in [0.25, 0.3) is 0 Å². The van der Waals surface area contributed by atoms with Crippen LogP contribution in [0.25, 0.3) is 0 Å².